The number of hydrogen-bond donors (Lipinski definition) is 1. The van der Waals surface area contributed by atoms with Crippen LogP contribution in [0, 0.1) is 0 Å². The molecule has 0 aliphatic heterocycles. The summed E-state index contributed by atoms with van der Waals surface area (Å²) in [4.78, 5) is 28.9. The fourth-order valence-corrected chi connectivity index (χ4v) is 3.96. The minimum Gasteiger partial charge on any atom is -0.448 e. The molecule has 3 aromatic rings. The largest absolute Gasteiger partial charge is 0.448 e. The van der Waals surface area contributed by atoms with Crippen LogP contribution < -0.4 is 5.32 Å². The van der Waals surface area contributed by atoms with Crippen molar-refractivity contribution in [3.63, 3.8) is 0 Å². The molecule has 0 saturated heterocycles. The first kappa shape index (κ1) is 20.2. The van der Waals surface area contributed by atoms with Gasteiger partial charge in [-0.05, 0) is 41.5 Å². The highest BCUT2D eigenvalue weighted by Gasteiger charge is 2.21. The summed E-state index contributed by atoms with van der Waals surface area (Å²) in [5.41, 5.74) is 3.06. The Bertz CT molecular complexity index is 954. The second kappa shape index (κ2) is 8.24. The van der Waals surface area contributed by atoms with Crippen molar-refractivity contribution in [3.05, 3.63) is 57.7 Å². The molecule has 0 bridgehead atoms. The van der Waals surface area contributed by atoms with Crippen molar-refractivity contribution >= 4 is 40.2 Å². The number of carbonyl (C=O) groups is 2. The molecule has 0 aliphatic carbocycles. The Hall–Kier alpha value is -2.51. The van der Waals surface area contributed by atoms with Crippen LogP contribution in [0.1, 0.15) is 43.7 Å². The van der Waals surface area contributed by atoms with E-state index in [-0.39, 0.29) is 17.0 Å². The third-order valence-electron chi connectivity index (χ3n) is 4.15. The van der Waals surface area contributed by atoms with Crippen LogP contribution in [0.5, 0.6) is 0 Å². The van der Waals surface area contributed by atoms with Crippen molar-refractivity contribution in [3.8, 4) is 10.6 Å². The molecular formula is C21H22N2O3S2. The lowest BCUT2D eigenvalue weighted by molar-refractivity contribution is -0.123. The Balaban J connectivity index is 1.58. The maximum Gasteiger partial charge on any atom is 0.358 e. The van der Waals surface area contributed by atoms with Crippen molar-refractivity contribution < 1.29 is 14.3 Å². The van der Waals surface area contributed by atoms with E-state index in [0.29, 0.717) is 5.69 Å². The van der Waals surface area contributed by atoms with Crippen molar-refractivity contribution in [2.45, 2.75) is 39.2 Å². The molecule has 1 aromatic carbocycles. The highest BCUT2D eigenvalue weighted by molar-refractivity contribution is 7.14. The summed E-state index contributed by atoms with van der Waals surface area (Å²) in [6.07, 6.45) is -0.930. The van der Waals surface area contributed by atoms with Crippen LogP contribution in [0.2, 0.25) is 0 Å². The lowest BCUT2D eigenvalue weighted by Gasteiger charge is -2.19. The average molecular weight is 415 g/mol. The molecule has 0 fully saturated rings. The predicted octanol–water partition coefficient (Wildman–Crippen LogP) is 5.35. The molecule has 1 N–H and O–H groups in total. The summed E-state index contributed by atoms with van der Waals surface area (Å²) in [5.74, 6) is -0.992. The molecule has 1 unspecified atom stereocenters. The van der Waals surface area contributed by atoms with Gasteiger partial charge in [-0.15, -0.1) is 11.3 Å². The standard InChI is InChI=1S/C21H22N2O3S2/c1-13(18(24)22-16-7-5-15(6-8-16)21(2,3)4)26-20(25)17-12-28-19(23-17)14-9-10-27-11-14/h5-13H,1-4H3,(H,22,24). The molecule has 1 amide bonds. The molecule has 1 atom stereocenters. The van der Waals surface area contributed by atoms with Crippen LogP contribution in [-0.2, 0) is 14.9 Å². The first-order chi connectivity index (χ1) is 13.2. The maximum atomic E-state index is 12.3. The molecule has 7 heteroatoms. The van der Waals surface area contributed by atoms with Gasteiger partial charge in [0.05, 0.1) is 0 Å². The van der Waals surface area contributed by atoms with Gasteiger partial charge in [0.15, 0.2) is 11.8 Å². The molecule has 3 rings (SSSR count). The monoisotopic (exact) mass is 414 g/mol. The van der Waals surface area contributed by atoms with Gasteiger partial charge in [-0.25, -0.2) is 9.78 Å². The quantitative estimate of drug-likeness (QED) is 0.571. The Kier molecular flexibility index (Phi) is 5.96. The van der Waals surface area contributed by atoms with Crippen LogP contribution in [0.4, 0.5) is 5.69 Å². The van der Waals surface area contributed by atoms with E-state index in [1.807, 2.05) is 41.1 Å². The van der Waals surface area contributed by atoms with E-state index in [2.05, 4.69) is 31.1 Å². The van der Waals surface area contributed by atoms with Gasteiger partial charge in [0.1, 0.15) is 5.01 Å². The number of amides is 1. The van der Waals surface area contributed by atoms with E-state index in [4.69, 9.17) is 4.74 Å². The van der Waals surface area contributed by atoms with Crippen molar-refractivity contribution in [1.29, 1.82) is 0 Å². The first-order valence-corrected chi connectivity index (χ1v) is 10.7. The first-order valence-electron chi connectivity index (χ1n) is 8.84. The van der Waals surface area contributed by atoms with Crippen molar-refractivity contribution in [1.82, 2.24) is 4.98 Å². The van der Waals surface area contributed by atoms with Gasteiger partial charge >= 0.3 is 5.97 Å². The highest BCUT2D eigenvalue weighted by Crippen LogP contribution is 2.26. The number of nitrogens with zero attached hydrogens (tertiary/aromatic N) is 1. The Morgan fingerprint density at radius 1 is 1.11 bits per heavy atom. The third kappa shape index (κ3) is 4.85. The molecule has 2 heterocycles. The van der Waals surface area contributed by atoms with Crippen molar-refractivity contribution in [2.75, 3.05) is 5.32 Å². The van der Waals surface area contributed by atoms with E-state index in [0.717, 1.165) is 10.6 Å². The lowest BCUT2D eigenvalue weighted by Crippen LogP contribution is -2.30. The van der Waals surface area contributed by atoms with Gasteiger partial charge < -0.3 is 10.1 Å². The topological polar surface area (TPSA) is 68.3 Å². The number of nitrogens with one attached hydrogen (secondary N) is 1. The molecule has 0 aliphatic rings. The predicted molar refractivity (Wildman–Crippen MR) is 114 cm³/mol. The van der Waals surface area contributed by atoms with E-state index in [1.165, 1.54) is 16.9 Å². The molecule has 0 radical (unpaired) electrons. The van der Waals surface area contributed by atoms with Gasteiger partial charge in [0.25, 0.3) is 5.91 Å². The number of benzene rings is 1. The number of aromatic nitrogens is 1. The molecule has 28 heavy (non-hydrogen) atoms. The number of thiazole rings is 1. The lowest BCUT2D eigenvalue weighted by atomic mass is 9.87. The number of rotatable bonds is 5. The molecule has 0 saturated carbocycles. The summed E-state index contributed by atoms with van der Waals surface area (Å²) >= 11 is 2.94. The SMILES string of the molecule is CC(OC(=O)c1csc(-c2ccsc2)n1)C(=O)Nc1ccc(C(C)(C)C)cc1. The minimum absolute atomic E-state index is 0.0424. The van der Waals surface area contributed by atoms with E-state index >= 15 is 0 Å². The summed E-state index contributed by atoms with van der Waals surface area (Å²) in [6, 6.07) is 9.60. The van der Waals surface area contributed by atoms with E-state index in [1.54, 1.807) is 23.6 Å². The van der Waals surface area contributed by atoms with Crippen LogP contribution >= 0.6 is 22.7 Å². The van der Waals surface area contributed by atoms with Crippen LogP contribution in [0.25, 0.3) is 10.6 Å². The Labute approximate surface area is 172 Å². The molecule has 146 valence electrons. The van der Waals surface area contributed by atoms with Gasteiger partial charge in [-0.1, -0.05) is 32.9 Å². The van der Waals surface area contributed by atoms with E-state index < -0.39 is 12.1 Å². The molecule has 0 spiro atoms. The summed E-state index contributed by atoms with van der Waals surface area (Å²) in [6.45, 7) is 7.93. The minimum atomic E-state index is -0.930. The fourth-order valence-electron chi connectivity index (χ4n) is 2.46. The number of thiophene rings is 1. The Morgan fingerprint density at radius 3 is 2.43 bits per heavy atom. The van der Waals surface area contributed by atoms with Crippen LogP contribution in [0.15, 0.2) is 46.5 Å². The second-order valence-corrected chi connectivity index (χ2v) is 9.05. The summed E-state index contributed by atoms with van der Waals surface area (Å²) < 4.78 is 5.27. The number of esters is 1. The normalized spacial score (nSPS) is 12.4. The molecule has 5 nitrogen and oxygen atoms in total. The number of ether oxygens (including phenoxy) is 1. The second-order valence-electron chi connectivity index (χ2n) is 7.41. The van der Waals surface area contributed by atoms with Gasteiger partial charge in [0.2, 0.25) is 0 Å². The zero-order valence-corrected chi connectivity index (χ0v) is 17.8. The number of carbonyl (C=O) groups excluding carboxylic acids is 2. The maximum absolute atomic E-state index is 12.3. The van der Waals surface area contributed by atoms with E-state index in [9.17, 15) is 9.59 Å². The number of anilines is 1. The van der Waals surface area contributed by atoms with Gasteiger partial charge in [0, 0.05) is 22.0 Å². The smallest absolute Gasteiger partial charge is 0.358 e. The molecular weight excluding hydrogens is 392 g/mol. The Morgan fingerprint density at radius 2 is 1.82 bits per heavy atom. The number of hydrogen-bond acceptors (Lipinski definition) is 6. The average Bonchev–Trinajstić information content (AvgIpc) is 3.32. The third-order valence-corrected chi connectivity index (χ3v) is 5.73. The summed E-state index contributed by atoms with van der Waals surface area (Å²) in [5, 5.41) is 9.09. The highest BCUT2D eigenvalue weighted by atomic mass is 32.1. The van der Waals surface area contributed by atoms with Crippen LogP contribution in [-0.4, -0.2) is 23.0 Å². The molecule has 2 aromatic heterocycles. The van der Waals surface area contributed by atoms with Crippen molar-refractivity contribution in [2.24, 2.45) is 0 Å². The fraction of sp³-hybridized carbons (Fsp3) is 0.286. The van der Waals surface area contributed by atoms with Gasteiger partial charge in [-0.2, -0.15) is 11.3 Å². The zero-order chi connectivity index (χ0) is 20.3. The van der Waals surface area contributed by atoms with Gasteiger partial charge in [-0.3, -0.25) is 4.79 Å². The summed E-state index contributed by atoms with van der Waals surface area (Å²) in [7, 11) is 0. The zero-order valence-electron chi connectivity index (χ0n) is 16.2. The van der Waals surface area contributed by atoms with Crippen LogP contribution in [0.3, 0.4) is 0 Å².